The Morgan fingerprint density at radius 3 is 2.61 bits per heavy atom. The molecule has 3 N–H and O–H groups in total. The van der Waals surface area contributed by atoms with Crippen LogP contribution in [0, 0.1) is 5.92 Å². The van der Waals surface area contributed by atoms with Crippen molar-refractivity contribution < 1.29 is 9.90 Å². The number of carbonyl (C=O) groups excluding carboxylic acids is 1. The van der Waals surface area contributed by atoms with Gasteiger partial charge in [0.2, 0.25) is 5.91 Å². The van der Waals surface area contributed by atoms with E-state index in [4.69, 9.17) is 5.73 Å². The van der Waals surface area contributed by atoms with E-state index in [0.29, 0.717) is 12.5 Å². The highest BCUT2D eigenvalue weighted by molar-refractivity contribution is 5.82. The van der Waals surface area contributed by atoms with Crippen molar-refractivity contribution >= 4 is 5.91 Å². The second-order valence-corrected chi connectivity index (χ2v) is 5.10. The van der Waals surface area contributed by atoms with Crippen molar-refractivity contribution in [1.82, 2.24) is 4.90 Å². The van der Waals surface area contributed by atoms with E-state index in [1.54, 1.807) is 11.9 Å². The van der Waals surface area contributed by atoms with Crippen molar-refractivity contribution in [1.29, 1.82) is 0 Å². The Balaban J connectivity index is 1.90. The fourth-order valence-electron chi connectivity index (χ4n) is 2.37. The van der Waals surface area contributed by atoms with E-state index in [-0.39, 0.29) is 12.0 Å². The van der Waals surface area contributed by atoms with E-state index < -0.39 is 6.04 Å². The van der Waals surface area contributed by atoms with Crippen LogP contribution in [0.25, 0.3) is 0 Å². The van der Waals surface area contributed by atoms with Gasteiger partial charge in [0, 0.05) is 13.6 Å². The molecule has 1 aromatic rings. The molecule has 2 rings (SSSR count). The van der Waals surface area contributed by atoms with Crippen LogP contribution >= 0.6 is 0 Å². The first-order valence-electron chi connectivity index (χ1n) is 6.31. The van der Waals surface area contributed by atoms with E-state index in [1.807, 2.05) is 30.3 Å². The van der Waals surface area contributed by atoms with Crippen LogP contribution in [0.5, 0.6) is 0 Å². The molecule has 4 nitrogen and oxygen atoms in total. The van der Waals surface area contributed by atoms with Crippen LogP contribution in [0.1, 0.15) is 24.4 Å². The van der Waals surface area contributed by atoms with Gasteiger partial charge in [0.05, 0.1) is 6.10 Å². The van der Waals surface area contributed by atoms with Crippen molar-refractivity contribution in [3.63, 3.8) is 0 Å². The summed E-state index contributed by atoms with van der Waals surface area (Å²) >= 11 is 0. The summed E-state index contributed by atoms with van der Waals surface area (Å²) in [6, 6.07) is 8.80. The van der Waals surface area contributed by atoms with E-state index >= 15 is 0 Å². The highest BCUT2D eigenvalue weighted by Crippen LogP contribution is 2.28. The lowest BCUT2D eigenvalue weighted by Gasteiger charge is -2.35. The SMILES string of the molecule is CN(CC1CC(O)C1)C(=O)[C@H](N)c1ccccc1. The number of hydrogen-bond donors (Lipinski definition) is 2. The van der Waals surface area contributed by atoms with Crippen LogP contribution in [0.4, 0.5) is 0 Å². The molecule has 1 atom stereocenters. The minimum Gasteiger partial charge on any atom is -0.393 e. The second-order valence-electron chi connectivity index (χ2n) is 5.10. The quantitative estimate of drug-likeness (QED) is 0.832. The number of benzene rings is 1. The number of aliphatic hydroxyl groups excluding tert-OH is 1. The Morgan fingerprint density at radius 1 is 1.44 bits per heavy atom. The summed E-state index contributed by atoms with van der Waals surface area (Å²) in [6.07, 6.45) is 1.40. The van der Waals surface area contributed by atoms with Gasteiger partial charge in [0.1, 0.15) is 6.04 Å². The average Bonchev–Trinajstić information content (AvgIpc) is 2.36. The predicted molar refractivity (Wildman–Crippen MR) is 69.7 cm³/mol. The fraction of sp³-hybridized carbons (Fsp3) is 0.500. The number of nitrogens with zero attached hydrogens (tertiary/aromatic N) is 1. The van der Waals surface area contributed by atoms with Gasteiger partial charge in [-0.05, 0) is 24.3 Å². The van der Waals surface area contributed by atoms with Gasteiger partial charge < -0.3 is 15.7 Å². The first-order chi connectivity index (χ1) is 8.58. The number of likely N-dealkylation sites (N-methyl/N-ethyl adjacent to an activating group) is 1. The number of amides is 1. The molecule has 1 saturated carbocycles. The molecule has 4 heteroatoms. The van der Waals surface area contributed by atoms with E-state index in [1.165, 1.54) is 0 Å². The predicted octanol–water partition coefficient (Wildman–Crippen LogP) is 0.916. The van der Waals surface area contributed by atoms with Gasteiger partial charge in [-0.1, -0.05) is 30.3 Å². The lowest BCUT2D eigenvalue weighted by Crippen LogP contribution is -2.42. The zero-order chi connectivity index (χ0) is 13.1. The third-order valence-electron chi connectivity index (χ3n) is 3.54. The second kappa shape index (κ2) is 5.50. The van der Waals surface area contributed by atoms with Crippen molar-refractivity contribution in [3.05, 3.63) is 35.9 Å². The third kappa shape index (κ3) is 2.89. The molecule has 0 bridgehead atoms. The Hall–Kier alpha value is -1.39. The van der Waals surface area contributed by atoms with Gasteiger partial charge >= 0.3 is 0 Å². The first-order valence-corrected chi connectivity index (χ1v) is 6.31. The van der Waals surface area contributed by atoms with Gasteiger partial charge in [-0.15, -0.1) is 0 Å². The van der Waals surface area contributed by atoms with Gasteiger partial charge in [-0.2, -0.15) is 0 Å². The van der Waals surface area contributed by atoms with Crippen molar-refractivity contribution in [3.8, 4) is 0 Å². The maximum Gasteiger partial charge on any atom is 0.243 e. The number of rotatable bonds is 4. The lowest BCUT2D eigenvalue weighted by molar-refractivity contribution is -0.133. The largest absolute Gasteiger partial charge is 0.393 e. The number of hydrogen-bond acceptors (Lipinski definition) is 3. The van der Waals surface area contributed by atoms with Crippen molar-refractivity contribution in [2.24, 2.45) is 11.7 Å². The van der Waals surface area contributed by atoms with Crippen molar-refractivity contribution in [2.45, 2.75) is 25.0 Å². The van der Waals surface area contributed by atoms with Gasteiger partial charge in [0.25, 0.3) is 0 Å². The van der Waals surface area contributed by atoms with Gasteiger partial charge in [-0.3, -0.25) is 4.79 Å². The van der Waals surface area contributed by atoms with Crippen LogP contribution in [0.15, 0.2) is 30.3 Å². The Morgan fingerprint density at radius 2 is 2.06 bits per heavy atom. The molecule has 0 unspecified atom stereocenters. The minimum atomic E-state index is -0.596. The third-order valence-corrected chi connectivity index (χ3v) is 3.54. The molecule has 0 heterocycles. The van der Waals surface area contributed by atoms with Crippen LogP contribution < -0.4 is 5.73 Å². The van der Waals surface area contributed by atoms with Crippen molar-refractivity contribution in [2.75, 3.05) is 13.6 Å². The zero-order valence-corrected chi connectivity index (χ0v) is 10.6. The highest BCUT2D eigenvalue weighted by atomic mass is 16.3. The summed E-state index contributed by atoms with van der Waals surface area (Å²) in [5.74, 6) is 0.347. The maximum absolute atomic E-state index is 12.1. The van der Waals surface area contributed by atoms with E-state index in [2.05, 4.69) is 0 Å². The van der Waals surface area contributed by atoms with Crippen LogP contribution in [0.2, 0.25) is 0 Å². The summed E-state index contributed by atoms with van der Waals surface area (Å²) < 4.78 is 0. The highest BCUT2D eigenvalue weighted by Gasteiger charge is 2.30. The minimum absolute atomic E-state index is 0.0670. The van der Waals surface area contributed by atoms with Crippen LogP contribution in [0.3, 0.4) is 0 Å². The van der Waals surface area contributed by atoms with E-state index in [9.17, 15) is 9.90 Å². The molecule has 0 aromatic heterocycles. The smallest absolute Gasteiger partial charge is 0.243 e. The molecule has 0 spiro atoms. The normalized spacial score (nSPS) is 24.2. The monoisotopic (exact) mass is 248 g/mol. The standard InChI is InChI=1S/C14H20N2O2/c1-16(9-10-7-12(17)8-10)14(18)13(15)11-5-3-2-4-6-11/h2-6,10,12-13,17H,7-9,15H2,1H3/t10?,12?,13-/m1/s1. The molecule has 98 valence electrons. The summed E-state index contributed by atoms with van der Waals surface area (Å²) in [7, 11) is 1.77. The molecule has 18 heavy (non-hydrogen) atoms. The summed E-state index contributed by atoms with van der Waals surface area (Å²) in [5, 5.41) is 9.23. The molecule has 1 aromatic carbocycles. The molecule has 0 saturated heterocycles. The van der Waals surface area contributed by atoms with Gasteiger partial charge in [-0.25, -0.2) is 0 Å². The molecule has 0 radical (unpaired) electrons. The molecule has 1 aliphatic rings. The van der Waals surface area contributed by atoms with Crippen LogP contribution in [-0.4, -0.2) is 35.6 Å². The lowest BCUT2D eigenvalue weighted by atomic mass is 9.82. The number of aliphatic hydroxyl groups is 1. The Kier molecular flexibility index (Phi) is 3.99. The summed E-state index contributed by atoms with van der Waals surface area (Å²) in [4.78, 5) is 13.8. The van der Waals surface area contributed by atoms with Gasteiger partial charge in [0.15, 0.2) is 0 Å². The topological polar surface area (TPSA) is 66.6 Å². The molecule has 1 aliphatic carbocycles. The molecule has 0 aliphatic heterocycles. The maximum atomic E-state index is 12.1. The number of nitrogens with two attached hydrogens (primary N) is 1. The Labute approximate surface area is 107 Å². The zero-order valence-electron chi connectivity index (χ0n) is 10.6. The Bertz CT molecular complexity index is 402. The fourth-order valence-corrected chi connectivity index (χ4v) is 2.37. The summed E-state index contributed by atoms with van der Waals surface area (Å²) in [6.45, 7) is 0.677. The molecular weight excluding hydrogens is 228 g/mol. The summed E-state index contributed by atoms with van der Waals surface area (Å²) in [5.41, 5.74) is 6.80. The van der Waals surface area contributed by atoms with E-state index in [0.717, 1.165) is 18.4 Å². The molecule has 1 amide bonds. The first kappa shape index (κ1) is 13.1. The molecular formula is C14H20N2O2. The average molecular weight is 248 g/mol. The van der Waals surface area contributed by atoms with Crippen LogP contribution in [-0.2, 0) is 4.79 Å². The number of carbonyl (C=O) groups is 1. The molecule has 1 fully saturated rings.